The monoisotopic (exact) mass is 165 g/mol. The number of hydrogen-bond acceptors (Lipinski definition) is 2. The third-order valence-electron chi connectivity index (χ3n) is 1.69. The molecule has 0 fully saturated rings. The van der Waals surface area contributed by atoms with Crippen LogP contribution < -0.4 is 4.74 Å². The maximum atomic E-state index is 5.27. The number of fused-ring (bicyclic) bond motifs is 1. The first-order chi connectivity index (χ1) is 5.86. The predicted molar refractivity (Wildman–Crippen MR) is 49.5 cm³/mol. The van der Waals surface area contributed by atoms with E-state index in [4.69, 9.17) is 4.74 Å². The van der Waals surface area contributed by atoms with Crippen molar-refractivity contribution in [1.29, 1.82) is 0 Å². The number of ether oxygens (including phenoxy) is 1. The van der Waals surface area contributed by atoms with E-state index in [1.54, 1.807) is 0 Å². The summed E-state index contributed by atoms with van der Waals surface area (Å²) in [4.78, 5) is 4.23. The number of aromatic nitrogens is 1. The van der Waals surface area contributed by atoms with Gasteiger partial charge in [-0.2, -0.15) is 0 Å². The Hall–Kier alpha value is -1.05. The number of hydrogen-bond donors (Lipinski definition) is 0. The first-order valence-electron chi connectivity index (χ1n) is 4.45. The molecule has 1 aromatic rings. The highest BCUT2D eigenvalue weighted by molar-refractivity contribution is 5.30. The van der Waals surface area contributed by atoms with E-state index >= 15 is 0 Å². The van der Waals surface area contributed by atoms with Crippen molar-refractivity contribution >= 4 is 0 Å². The predicted octanol–water partition coefficient (Wildman–Crippen LogP) is 2.35. The van der Waals surface area contributed by atoms with Gasteiger partial charge in [0.05, 0.1) is 6.61 Å². The third kappa shape index (κ3) is 1.76. The minimum Gasteiger partial charge on any atom is -0.477 e. The van der Waals surface area contributed by atoms with Gasteiger partial charge in [-0.25, -0.2) is 4.98 Å². The molecular weight excluding hydrogens is 150 g/mol. The Morgan fingerprint density at radius 2 is 2.08 bits per heavy atom. The van der Waals surface area contributed by atoms with Crippen LogP contribution in [-0.2, 0) is 6.42 Å². The van der Waals surface area contributed by atoms with Crippen LogP contribution in [0.25, 0.3) is 0 Å². The Bertz CT molecular complexity index is 258. The zero-order chi connectivity index (χ0) is 8.97. The van der Waals surface area contributed by atoms with Gasteiger partial charge in [-0.05, 0) is 13.0 Å². The van der Waals surface area contributed by atoms with Gasteiger partial charge in [0.25, 0.3) is 0 Å². The first-order valence-corrected chi connectivity index (χ1v) is 4.45. The molecule has 1 aromatic heterocycles. The van der Waals surface area contributed by atoms with Crippen molar-refractivity contribution < 1.29 is 4.74 Å². The molecular formula is C10H15NO. The van der Waals surface area contributed by atoms with Gasteiger partial charge in [0, 0.05) is 17.7 Å². The summed E-state index contributed by atoms with van der Waals surface area (Å²) in [6.45, 7) is 6.77. The van der Waals surface area contributed by atoms with Crippen molar-refractivity contribution in [2.24, 2.45) is 0 Å². The summed E-state index contributed by atoms with van der Waals surface area (Å²) < 4.78 is 5.27. The Morgan fingerprint density at radius 1 is 1.33 bits per heavy atom. The molecule has 2 rings (SSSR count). The van der Waals surface area contributed by atoms with Crippen molar-refractivity contribution in [3.8, 4) is 5.88 Å². The number of rotatable bonds is 0. The SMILES string of the molecule is CC.Cc1ccc2c(n1)OCC2. The Labute approximate surface area is 73.6 Å². The van der Waals surface area contributed by atoms with Gasteiger partial charge in [-0.15, -0.1) is 0 Å². The summed E-state index contributed by atoms with van der Waals surface area (Å²) in [5.74, 6) is 0.833. The second kappa shape index (κ2) is 4.10. The molecule has 0 aromatic carbocycles. The molecule has 0 radical (unpaired) electrons. The Kier molecular flexibility index (Phi) is 3.09. The lowest BCUT2D eigenvalue weighted by Gasteiger charge is -1.96. The largest absolute Gasteiger partial charge is 0.477 e. The molecule has 0 spiro atoms. The number of nitrogens with zero attached hydrogens (tertiary/aromatic N) is 1. The molecule has 0 atom stereocenters. The van der Waals surface area contributed by atoms with Gasteiger partial charge in [0.1, 0.15) is 0 Å². The van der Waals surface area contributed by atoms with E-state index < -0.39 is 0 Å². The van der Waals surface area contributed by atoms with Crippen LogP contribution >= 0.6 is 0 Å². The molecule has 66 valence electrons. The standard InChI is InChI=1S/C8H9NO.C2H6/c1-6-2-3-7-4-5-10-8(7)9-6;1-2/h2-3H,4-5H2,1H3;1-2H3. The molecule has 0 bridgehead atoms. The molecule has 1 aliphatic rings. The summed E-state index contributed by atoms with van der Waals surface area (Å²) in [7, 11) is 0. The van der Waals surface area contributed by atoms with Crippen molar-refractivity contribution in [3.63, 3.8) is 0 Å². The lowest BCUT2D eigenvalue weighted by molar-refractivity contribution is 0.344. The van der Waals surface area contributed by atoms with Crippen LogP contribution in [0.5, 0.6) is 5.88 Å². The van der Waals surface area contributed by atoms with Crippen molar-refractivity contribution in [2.75, 3.05) is 6.61 Å². The Morgan fingerprint density at radius 3 is 2.83 bits per heavy atom. The summed E-state index contributed by atoms with van der Waals surface area (Å²) >= 11 is 0. The van der Waals surface area contributed by atoms with Gasteiger partial charge in [0.15, 0.2) is 0 Å². The summed E-state index contributed by atoms with van der Waals surface area (Å²) in [6, 6.07) is 4.11. The minimum absolute atomic E-state index is 0.797. The zero-order valence-electron chi connectivity index (χ0n) is 7.92. The average molecular weight is 165 g/mol. The fraction of sp³-hybridized carbons (Fsp3) is 0.500. The highest BCUT2D eigenvalue weighted by atomic mass is 16.5. The second-order valence-corrected chi connectivity index (χ2v) is 2.52. The molecule has 2 nitrogen and oxygen atoms in total. The van der Waals surface area contributed by atoms with E-state index in [0.717, 1.165) is 24.6 Å². The lowest BCUT2D eigenvalue weighted by Crippen LogP contribution is -1.88. The van der Waals surface area contributed by atoms with E-state index in [0.29, 0.717) is 0 Å². The Balaban J connectivity index is 0.000000336. The maximum absolute atomic E-state index is 5.27. The number of pyridine rings is 1. The smallest absolute Gasteiger partial charge is 0.216 e. The zero-order valence-corrected chi connectivity index (χ0v) is 7.92. The van der Waals surface area contributed by atoms with Crippen LogP contribution in [-0.4, -0.2) is 11.6 Å². The average Bonchev–Trinajstić information content (AvgIpc) is 2.54. The molecule has 12 heavy (non-hydrogen) atoms. The molecule has 2 heterocycles. The van der Waals surface area contributed by atoms with E-state index in [1.807, 2.05) is 26.8 Å². The molecule has 0 saturated carbocycles. The maximum Gasteiger partial charge on any atom is 0.216 e. The summed E-state index contributed by atoms with van der Waals surface area (Å²) in [6.07, 6.45) is 1.02. The van der Waals surface area contributed by atoms with E-state index in [1.165, 1.54) is 5.56 Å². The van der Waals surface area contributed by atoms with Gasteiger partial charge >= 0.3 is 0 Å². The molecule has 0 aliphatic carbocycles. The fourth-order valence-corrected chi connectivity index (χ4v) is 1.13. The highest BCUT2D eigenvalue weighted by Crippen LogP contribution is 2.21. The highest BCUT2D eigenvalue weighted by Gasteiger charge is 2.11. The van der Waals surface area contributed by atoms with Crippen LogP contribution in [0.4, 0.5) is 0 Å². The van der Waals surface area contributed by atoms with E-state index in [-0.39, 0.29) is 0 Å². The normalized spacial score (nSPS) is 12.6. The van der Waals surface area contributed by atoms with Gasteiger partial charge in [-0.3, -0.25) is 0 Å². The second-order valence-electron chi connectivity index (χ2n) is 2.52. The third-order valence-corrected chi connectivity index (χ3v) is 1.69. The minimum atomic E-state index is 0.797. The van der Waals surface area contributed by atoms with Crippen LogP contribution in [0.3, 0.4) is 0 Å². The molecule has 1 aliphatic heterocycles. The van der Waals surface area contributed by atoms with Crippen LogP contribution in [0.1, 0.15) is 25.1 Å². The van der Waals surface area contributed by atoms with Gasteiger partial charge in [-0.1, -0.05) is 19.9 Å². The molecule has 0 amide bonds. The van der Waals surface area contributed by atoms with Crippen molar-refractivity contribution in [1.82, 2.24) is 4.98 Å². The topological polar surface area (TPSA) is 22.1 Å². The van der Waals surface area contributed by atoms with Gasteiger partial charge < -0.3 is 4.74 Å². The van der Waals surface area contributed by atoms with E-state index in [2.05, 4.69) is 11.1 Å². The summed E-state index contributed by atoms with van der Waals surface area (Å²) in [5, 5.41) is 0. The number of aryl methyl sites for hydroxylation is 1. The molecule has 0 unspecified atom stereocenters. The van der Waals surface area contributed by atoms with Gasteiger partial charge in [0.2, 0.25) is 5.88 Å². The molecule has 0 N–H and O–H groups in total. The van der Waals surface area contributed by atoms with Crippen LogP contribution in [0, 0.1) is 6.92 Å². The quantitative estimate of drug-likeness (QED) is 0.588. The van der Waals surface area contributed by atoms with Crippen molar-refractivity contribution in [2.45, 2.75) is 27.2 Å². The van der Waals surface area contributed by atoms with Crippen LogP contribution in [0.15, 0.2) is 12.1 Å². The first kappa shape index (κ1) is 9.04. The van der Waals surface area contributed by atoms with E-state index in [9.17, 15) is 0 Å². The summed E-state index contributed by atoms with van der Waals surface area (Å²) in [5.41, 5.74) is 2.27. The molecule has 0 saturated heterocycles. The van der Waals surface area contributed by atoms with Crippen LogP contribution in [0.2, 0.25) is 0 Å². The fourth-order valence-electron chi connectivity index (χ4n) is 1.13. The van der Waals surface area contributed by atoms with Crippen molar-refractivity contribution in [3.05, 3.63) is 23.4 Å². The lowest BCUT2D eigenvalue weighted by atomic mass is 10.2. The molecule has 2 heteroatoms.